The van der Waals surface area contributed by atoms with Gasteiger partial charge in [-0.2, -0.15) is 4.99 Å². The third-order valence-corrected chi connectivity index (χ3v) is 2.51. The second kappa shape index (κ2) is 6.02. The van der Waals surface area contributed by atoms with Crippen molar-refractivity contribution in [2.75, 3.05) is 26.3 Å². The van der Waals surface area contributed by atoms with E-state index in [2.05, 4.69) is 9.98 Å². The Bertz CT molecular complexity index is 433. The van der Waals surface area contributed by atoms with Gasteiger partial charge in [0.2, 0.25) is 5.96 Å². The highest BCUT2D eigenvalue weighted by Gasteiger charge is 2.14. The van der Waals surface area contributed by atoms with Crippen LogP contribution in [-0.2, 0) is 4.74 Å². The number of guanidine groups is 2. The topological polar surface area (TPSA) is 89.2 Å². The molecule has 0 saturated carbocycles. The second-order valence-electron chi connectivity index (χ2n) is 3.88. The van der Waals surface area contributed by atoms with Crippen molar-refractivity contribution in [1.29, 1.82) is 0 Å². The molecular weight excluding hydrogens is 230 g/mol. The molecule has 1 aromatic rings. The lowest BCUT2D eigenvalue weighted by Crippen LogP contribution is -2.41. The van der Waals surface area contributed by atoms with E-state index in [-0.39, 0.29) is 5.96 Å². The van der Waals surface area contributed by atoms with Gasteiger partial charge in [-0.05, 0) is 12.1 Å². The van der Waals surface area contributed by atoms with E-state index in [9.17, 15) is 0 Å². The molecule has 2 rings (SSSR count). The Morgan fingerprint density at radius 2 is 1.78 bits per heavy atom. The summed E-state index contributed by atoms with van der Waals surface area (Å²) in [7, 11) is 0. The number of nitrogens with two attached hydrogens (primary N) is 2. The fourth-order valence-electron chi connectivity index (χ4n) is 1.66. The van der Waals surface area contributed by atoms with Crippen LogP contribution >= 0.6 is 0 Å². The van der Waals surface area contributed by atoms with Gasteiger partial charge in [-0.15, -0.1) is 0 Å². The molecule has 0 atom stereocenters. The minimum absolute atomic E-state index is 0.0103. The minimum Gasteiger partial charge on any atom is -0.378 e. The highest BCUT2D eigenvalue weighted by atomic mass is 16.5. The highest BCUT2D eigenvalue weighted by molar-refractivity contribution is 5.94. The minimum atomic E-state index is 0.0103. The van der Waals surface area contributed by atoms with Gasteiger partial charge in [-0.25, -0.2) is 4.99 Å². The lowest BCUT2D eigenvalue weighted by molar-refractivity contribution is 0.0676. The number of aliphatic imine (C=N–C) groups is 2. The molecule has 96 valence electrons. The molecule has 0 unspecified atom stereocenters. The summed E-state index contributed by atoms with van der Waals surface area (Å²) in [5, 5.41) is 0. The van der Waals surface area contributed by atoms with Crippen LogP contribution in [0.5, 0.6) is 0 Å². The van der Waals surface area contributed by atoms with Crippen LogP contribution in [0.1, 0.15) is 0 Å². The molecule has 6 nitrogen and oxygen atoms in total. The SMILES string of the molecule is NC(N)=NC(=Nc1ccccc1)N1CCOCC1. The Kier molecular flexibility index (Phi) is 4.14. The Morgan fingerprint density at radius 1 is 1.11 bits per heavy atom. The van der Waals surface area contributed by atoms with Crippen LogP contribution in [0.15, 0.2) is 40.3 Å². The average Bonchev–Trinajstić information content (AvgIpc) is 2.40. The van der Waals surface area contributed by atoms with Crippen molar-refractivity contribution in [3.8, 4) is 0 Å². The van der Waals surface area contributed by atoms with E-state index < -0.39 is 0 Å². The first kappa shape index (κ1) is 12.4. The predicted molar refractivity (Wildman–Crippen MR) is 71.7 cm³/mol. The quantitative estimate of drug-likeness (QED) is 0.551. The molecule has 0 aromatic heterocycles. The molecule has 1 aliphatic rings. The number of benzene rings is 1. The fourth-order valence-corrected chi connectivity index (χ4v) is 1.66. The first-order valence-corrected chi connectivity index (χ1v) is 5.82. The molecule has 1 fully saturated rings. The van der Waals surface area contributed by atoms with Crippen molar-refractivity contribution in [2.45, 2.75) is 0 Å². The summed E-state index contributed by atoms with van der Waals surface area (Å²) in [6, 6.07) is 9.59. The Labute approximate surface area is 106 Å². The van der Waals surface area contributed by atoms with Gasteiger partial charge in [-0.3, -0.25) is 0 Å². The first-order valence-electron chi connectivity index (χ1n) is 5.82. The molecule has 1 aromatic carbocycles. The van der Waals surface area contributed by atoms with E-state index in [1.54, 1.807) is 0 Å². The van der Waals surface area contributed by atoms with Gasteiger partial charge in [0, 0.05) is 13.1 Å². The second-order valence-corrected chi connectivity index (χ2v) is 3.88. The lowest BCUT2D eigenvalue weighted by Gasteiger charge is -2.27. The molecule has 0 spiro atoms. The predicted octanol–water partition coefficient (Wildman–Crippen LogP) is 0.280. The zero-order valence-corrected chi connectivity index (χ0v) is 10.1. The van der Waals surface area contributed by atoms with Gasteiger partial charge in [-0.1, -0.05) is 18.2 Å². The van der Waals surface area contributed by atoms with Gasteiger partial charge < -0.3 is 21.1 Å². The fraction of sp³-hybridized carbons (Fsp3) is 0.333. The zero-order valence-electron chi connectivity index (χ0n) is 10.1. The highest BCUT2D eigenvalue weighted by Crippen LogP contribution is 2.12. The van der Waals surface area contributed by atoms with Crippen molar-refractivity contribution >= 4 is 17.6 Å². The summed E-state index contributed by atoms with van der Waals surface area (Å²) in [4.78, 5) is 10.6. The zero-order chi connectivity index (χ0) is 12.8. The molecule has 1 saturated heterocycles. The third kappa shape index (κ3) is 3.46. The van der Waals surface area contributed by atoms with Crippen LogP contribution in [0.4, 0.5) is 5.69 Å². The van der Waals surface area contributed by atoms with Crippen LogP contribution in [0.25, 0.3) is 0 Å². The molecule has 0 radical (unpaired) electrons. The maximum absolute atomic E-state index is 5.44. The molecule has 18 heavy (non-hydrogen) atoms. The Hall–Kier alpha value is -2.08. The van der Waals surface area contributed by atoms with Gasteiger partial charge in [0.15, 0.2) is 5.96 Å². The van der Waals surface area contributed by atoms with Crippen LogP contribution in [-0.4, -0.2) is 43.1 Å². The van der Waals surface area contributed by atoms with E-state index in [4.69, 9.17) is 16.2 Å². The van der Waals surface area contributed by atoms with Gasteiger partial charge in [0.25, 0.3) is 0 Å². The van der Waals surface area contributed by atoms with Crippen LogP contribution in [0.3, 0.4) is 0 Å². The lowest BCUT2D eigenvalue weighted by atomic mass is 10.3. The molecule has 1 aliphatic heterocycles. The number of hydrogen-bond acceptors (Lipinski definition) is 2. The normalized spacial score (nSPS) is 16.4. The van der Waals surface area contributed by atoms with Crippen LogP contribution in [0, 0.1) is 0 Å². The summed E-state index contributed by atoms with van der Waals surface area (Å²) in [5.41, 5.74) is 11.7. The Morgan fingerprint density at radius 3 is 2.39 bits per heavy atom. The largest absolute Gasteiger partial charge is 0.378 e. The smallest absolute Gasteiger partial charge is 0.229 e. The standard InChI is InChI=1S/C12H17N5O/c13-11(14)16-12(17-6-8-18-9-7-17)15-10-4-2-1-3-5-10/h1-5H,6-9H2,(H4,13,14,15,16). The first-order chi connectivity index (χ1) is 8.75. The monoisotopic (exact) mass is 247 g/mol. The molecule has 4 N–H and O–H groups in total. The summed E-state index contributed by atoms with van der Waals surface area (Å²) in [5.74, 6) is 0.542. The van der Waals surface area contributed by atoms with Crippen molar-refractivity contribution in [3.05, 3.63) is 30.3 Å². The summed E-state index contributed by atoms with van der Waals surface area (Å²) in [6.45, 7) is 2.80. The summed E-state index contributed by atoms with van der Waals surface area (Å²) < 4.78 is 5.30. The number of rotatable bonds is 1. The molecule has 0 aliphatic carbocycles. The number of morpholine rings is 1. The van der Waals surface area contributed by atoms with E-state index in [1.165, 1.54) is 0 Å². The van der Waals surface area contributed by atoms with E-state index in [1.807, 2.05) is 35.2 Å². The Balaban J connectivity index is 2.24. The number of hydrogen-bond donors (Lipinski definition) is 2. The number of nitrogens with zero attached hydrogens (tertiary/aromatic N) is 3. The average molecular weight is 247 g/mol. The summed E-state index contributed by atoms with van der Waals surface area (Å²) in [6.07, 6.45) is 0. The van der Waals surface area contributed by atoms with E-state index in [0.29, 0.717) is 19.2 Å². The molecular formula is C12H17N5O. The van der Waals surface area contributed by atoms with Crippen LogP contribution < -0.4 is 11.5 Å². The number of para-hydroxylation sites is 1. The summed E-state index contributed by atoms with van der Waals surface area (Å²) >= 11 is 0. The maximum atomic E-state index is 5.44. The number of ether oxygens (including phenoxy) is 1. The van der Waals surface area contributed by atoms with Crippen molar-refractivity contribution in [2.24, 2.45) is 21.5 Å². The van der Waals surface area contributed by atoms with Gasteiger partial charge >= 0.3 is 0 Å². The molecule has 6 heteroatoms. The third-order valence-electron chi connectivity index (χ3n) is 2.51. The molecule has 0 bridgehead atoms. The van der Waals surface area contributed by atoms with Crippen LogP contribution in [0.2, 0.25) is 0 Å². The van der Waals surface area contributed by atoms with Gasteiger partial charge in [0.1, 0.15) is 0 Å². The maximum Gasteiger partial charge on any atom is 0.229 e. The van der Waals surface area contributed by atoms with Gasteiger partial charge in [0.05, 0.1) is 18.9 Å². The van der Waals surface area contributed by atoms with Crippen molar-refractivity contribution in [3.63, 3.8) is 0 Å². The van der Waals surface area contributed by atoms with E-state index in [0.717, 1.165) is 18.8 Å². The van der Waals surface area contributed by atoms with Crippen molar-refractivity contribution in [1.82, 2.24) is 4.90 Å². The van der Waals surface area contributed by atoms with Crippen molar-refractivity contribution < 1.29 is 4.74 Å². The molecule has 1 heterocycles. The molecule has 0 amide bonds. The van der Waals surface area contributed by atoms with E-state index >= 15 is 0 Å².